The van der Waals surface area contributed by atoms with Crippen LogP contribution in [-0.2, 0) is 4.79 Å². The molecular formula is C24H27ClN6O3. The van der Waals surface area contributed by atoms with Gasteiger partial charge in [0.1, 0.15) is 17.0 Å². The summed E-state index contributed by atoms with van der Waals surface area (Å²) in [5, 5.41) is 9.49. The Balaban J connectivity index is 1.30. The normalized spacial score (nSPS) is 21.3. The van der Waals surface area contributed by atoms with Crippen molar-refractivity contribution in [3.8, 4) is 0 Å². The Morgan fingerprint density at radius 3 is 2.59 bits per heavy atom. The van der Waals surface area contributed by atoms with E-state index in [4.69, 9.17) is 16.0 Å². The lowest BCUT2D eigenvalue weighted by atomic mass is 9.84. The van der Waals surface area contributed by atoms with Gasteiger partial charge in [-0.2, -0.15) is 0 Å². The van der Waals surface area contributed by atoms with Crippen LogP contribution in [0.1, 0.15) is 36.2 Å². The van der Waals surface area contributed by atoms with Crippen LogP contribution in [0.15, 0.2) is 41.1 Å². The molecule has 4 heterocycles. The van der Waals surface area contributed by atoms with Gasteiger partial charge in [-0.05, 0) is 49.9 Å². The molecule has 0 unspecified atom stereocenters. The third kappa shape index (κ3) is 4.91. The Morgan fingerprint density at radius 2 is 1.85 bits per heavy atom. The van der Waals surface area contributed by atoms with E-state index in [1.807, 2.05) is 0 Å². The van der Waals surface area contributed by atoms with Crippen LogP contribution in [0.5, 0.6) is 0 Å². The largest absolute Gasteiger partial charge is 0.447 e. The fourth-order valence-corrected chi connectivity index (χ4v) is 4.92. The molecule has 1 aliphatic carbocycles. The van der Waals surface area contributed by atoms with Crippen molar-refractivity contribution in [3.05, 3.63) is 47.4 Å². The van der Waals surface area contributed by atoms with E-state index in [0.29, 0.717) is 28.0 Å². The van der Waals surface area contributed by atoms with Gasteiger partial charge in [0.25, 0.3) is 5.91 Å². The molecule has 2 amide bonds. The monoisotopic (exact) mass is 482 g/mol. The topological polar surface area (TPSA) is 112 Å². The number of carbonyl (C=O) groups is 2. The number of rotatable bonds is 5. The smallest absolute Gasteiger partial charge is 0.294 e. The highest BCUT2D eigenvalue weighted by molar-refractivity contribution is 6.30. The quantitative estimate of drug-likeness (QED) is 0.510. The number of halogens is 1. The molecule has 1 aliphatic heterocycles. The average molecular weight is 483 g/mol. The Bertz CT molecular complexity index is 1170. The van der Waals surface area contributed by atoms with E-state index in [1.54, 1.807) is 30.5 Å². The summed E-state index contributed by atoms with van der Waals surface area (Å²) in [6.45, 7) is 4.18. The minimum absolute atomic E-state index is 0.00620. The molecule has 2 fully saturated rings. The maximum Gasteiger partial charge on any atom is 0.294 e. The van der Waals surface area contributed by atoms with Crippen molar-refractivity contribution in [1.82, 2.24) is 20.2 Å². The second-order valence-corrected chi connectivity index (χ2v) is 9.19. The third-order valence-electron chi connectivity index (χ3n) is 6.61. The van der Waals surface area contributed by atoms with E-state index in [9.17, 15) is 9.59 Å². The Hall–Kier alpha value is -3.01. The summed E-state index contributed by atoms with van der Waals surface area (Å²) in [5.74, 6) is -0.419. The number of hydrogen-bond acceptors (Lipinski definition) is 7. The third-order valence-corrected chi connectivity index (χ3v) is 6.83. The highest BCUT2D eigenvalue weighted by atomic mass is 35.5. The zero-order chi connectivity index (χ0) is 23.5. The molecule has 3 aromatic heterocycles. The van der Waals surface area contributed by atoms with E-state index >= 15 is 0 Å². The van der Waals surface area contributed by atoms with Crippen molar-refractivity contribution in [1.29, 1.82) is 0 Å². The van der Waals surface area contributed by atoms with Crippen molar-refractivity contribution in [2.75, 3.05) is 36.8 Å². The lowest BCUT2D eigenvalue weighted by Crippen LogP contribution is -2.49. The molecule has 0 atom stereocenters. The van der Waals surface area contributed by atoms with E-state index in [2.05, 4.69) is 30.8 Å². The second-order valence-electron chi connectivity index (χ2n) is 8.75. The van der Waals surface area contributed by atoms with Crippen LogP contribution in [0, 0.1) is 5.92 Å². The summed E-state index contributed by atoms with van der Waals surface area (Å²) in [4.78, 5) is 37.2. The van der Waals surface area contributed by atoms with Gasteiger partial charge in [-0.15, -0.1) is 0 Å². The van der Waals surface area contributed by atoms with Gasteiger partial charge in [-0.3, -0.25) is 19.5 Å². The fraction of sp³-hybridized carbons (Fsp3) is 0.417. The lowest BCUT2D eigenvalue weighted by Gasteiger charge is -2.38. The number of anilines is 2. The van der Waals surface area contributed by atoms with Crippen molar-refractivity contribution in [2.24, 2.45) is 5.92 Å². The average Bonchev–Trinajstić information content (AvgIpc) is 3.24. The predicted octanol–water partition coefficient (Wildman–Crippen LogP) is 3.53. The van der Waals surface area contributed by atoms with Crippen LogP contribution in [0.4, 0.5) is 11.5 Å². The first-order valence-corrected chi connectivity index (χ1v) is 12.0. The molecule has 34 heavy (non-hydrogen) atoms. The van der Waals surface area contributed by atoms with Crippen LogP contribution in [0.25, 0.3) is 11.1 Å². The van der Waals surface area contributed by atoms with Gasteiger partial charge >= 0.3 is 0 Å². The van der Waals surface area contributed by atoms with Crippen molar-refractivity contribution < 1.29 is 14.0 Å². The number of amides is 2. The van der Waals surface area contributed by atoms with E-state index < -0.39 is 5.91 Å². The number of pyridine rings is 2. The second kappa shape index (κ2) is 10.1. The standard InChI is InChI=1S/C24H27ClN6O3/c25-16-5-8-19(28-14-16)29-24(33)22-21(20-18(34-22)2-1-9-27-20)30-23(32)15-3-6-17(7-4-15)31-12-10-26-11-13-31/h1-2,5,8-9,14-15,17,26H,3-4,6-7,10-13H2,(H,30,32)(H,28,29,33). The van der Waals surface area contributed by atoms with E-state index in [0.717, 1.165) is 51.9 Å². The number of nitrogens with one attached hydrogen (secondary N) is 3. The van der Waals surface area contributed by atoms with Crippen LogP contribution in [-0.4, -0.2) is 58.9 Å². The molecule has 1 saturated carbocycles. The molecule has 0 radical (unpaired) electrons. The Kier molecular flexibility index (Phi) is 6.75. The number of carbonyl (C=O) groups excluding carboxylic acids is 2. The molecule has 5 rings (SSSR count). The lowest BCUT2D eigenvalue weighted by molar-refractivity contribution is -0.121. The minimum Gasteiger partial charge on any atom is -0.447 e. The summed E-state index contributed by atoms with van der Waals surface area (Å²) in [6.07, 6.45) is 6.68. The van der Waals surface area contributed by atoms with Gasteiger partial charge in [0.15, 0.2) is 5.58 Å². The van der Waals surface area contributed by atoms with E-state index in [1.165, 1.54) is 6.20 Å². The van der Waals surface area contributed by atoms with Crippen molar-refractivity contribution >= 4 is 46.0 Å². The summed E-state index contributed by atoms with van der Waals surface area (Å²) in [5.41, 5.74) is 1.16. The first-order chi connectivity index (χ1) is 16.6. The number of aromatic nitrogens is 2. The first kappa shape index (κ1) is 22.8. The first-order valence-electron chi connectivity index (χ1n) is 11.6. The zero-order valence-electron chi connectivity index (χ0n) is 18.7. The van der Waals surface area contributed by atoms with Crippen molar-refractivity contribution in [2.45, 2.75) is 31.7 Å². The molecule has 9 nitrogen and oxygen atoms in total. The molecule has 0 spiro atoms. The summed E-state index contributed by atoms with van der Waals surface area (Å²) >= 11 is 5.87. The molecular weight excluding hydrogens is 456 g/mol. The summed E-state index contributed by atoms with van der Waals surface area (Å²) in [6, 6.07) is 7.20. The highest BCUT2D eigenvalue weighted by Gasteiger charge is 2.32. The van der Waals surface area contributed by atoms with Gasteiger partial charge in [0.2, 0.25) is 11.7 Å². The number of nitrogens with zero attached hydrogens (tertiary/aromatic N) is 3. The summed E-state index contributed by atoms with van der Waals surface area (Å²) < 4.78 is 5.79. The zero-order valence-corrected chi connectivity index (χ0v) is 19.5. The summed E-state index contributed by atoms with van der Waals surface area (Å²) in [7, 11) is 0. The van der Waals surface area contributed by atoms with Gasteiger partial charge in [0, 0.05) is 50.5 Å². The van der Waals surface area contributed by atoms with Gasteiger partial charge in [0.05, 0.1) is 5.02 Å². The molecule has 2 aliphatic rings. The molecule has 3 N–H and O–H groups in total. The van der Waals surface area contributed by atoms with Gasteiger partial charge in [-0.1, -0.05) is 11.6 Å². The van der Waals surface area contributed by atoms with E-state index in [-0.39, 0.29) is 23.3 Å². The molecule has 10 heteroatoms. The van der Waals surface area contributed by atoms with Crippen LogP contribution in [0.3, 0.4) is 0 Å². The van der Waals surface area contributed by atoms with Gasteiger partial charge in [-0.25, -0.2) is 4.98 Å². The Morgan fingerprint density at radius 1 is 1.06 bits per heavy atom. The van der Waals surface area contributed by atoms with Crippen LogP contribution < -0.4 is 16.0 Å². The fourth-order valence-electron chi connectivity index (χ4n) is 4.80. The minimum atomic E-state index is -0.523. The maximum atomic E-state index is 13.2. The number of hydrogen-bond donors (Lipinski definition) is 3. The highest BCUT2D eigenvalue weighted by Crippen LogP contribution is 2.33. The Labute approximate surface area is 202 Å². The molecule has 0 bridgehead atoms. The molecule has 0 aromatic carbocycles. The van der Waals surface area contributed by atoms with Crippen LogP contribution >= 0.6 is 11.6 Å². The predicted molar refractivity (Wildman–Crippen MR) is 130 cm³/mol. The number of furan rings is 1. The maximum absolute atomic E-state index is 13.2. The number of piperazine rings is 1. The van der Waals surface area contributed by atoms with Crippen LogP contribution in [0.2, 0.25) is 5.02 Å². The van der Waals surface area contributed by atoms with Gasteiger partial charge < -0.3 is 20.4 Å². The SMILES string of the molecule is O=C(Nc1ccc(Cl)cn1)c1oc2cccnc2c1NC(=O)C1CCC(N2CCNCC2)CC1. The molecule has 1 saturated heterocycles. The number of fused-ring (bicyclic) bond motifs is 1. The molecule has 178 valence electrons. The van der Waals surface area contributed by atoms with Crippen molar-refractivity contribution in [3.63, 3.8) is 0 Å². The molecule has 3 aromatic rings.